The van der Waals surface area contributed by atoms with Gasteiger partial charge in [-0.15, -0.1) is 0 Å². The lowest BCUT2D eigenvalue weighted by Crippen LogP contribution is -2.40. The third-order valence-electron chi connectivity index (χ3n) is 5.18. The summed E-state index contributed by atoms with van der Waals surface area (Å²) in [7, 11) is 0. The number of hydrogen-bond donors (Lipinski definition) is 1. The average molecular weight is 395 g/mol. The number of rotatable bonds is 6. The van der Waals surface area contributed by atoms with Gasteiger partial charge in [0.15, 0.2) is 6.61 Å². The molecule has 2 aromatic carbocycles. The Morgan fingerprint density at radius 1 is 1.17 bits per heavy atom. The van der Waals surface area contributed by atoms with Crippen molar-refractivity contribution < 1.29 is 14.3 Å². The first kappa shape index (κ1) is 20.9. The molecule has 0 fully saturated rings. The van der Waals surface area contributed by atoms with Gasteiger partial charge in [-0.2, -0.15) is 0 Å². The first-order valence-corrected chi connectivity index (χ1v) is 10.3. The SMILES string of the molecule is CCC(=O)N1CCc2ccc(OCC(=O)NC(C)C)cc2C1c1ccc(C)cc1. The summed E-state index contributed by atoms with van der Waals surface area (Å²) in [6, 6.07) is 14.2. The van der Waals surface area contributed by atoms with Crippen LogP contribution in [0, 0.1) is 6.92 Å². The first-order chi connectivity index (χ1) is 13.9. The van der Waals surface area contributed by atoms with E-state index < -0.39 is 0 Å². The molecule has 0 saturated heterocycles. The van der Waals surface area contributed by atoms with E-state index in [-0.39, 0.29) is 30.5 Å². The molecule has 1 N–H and O–H groups in total. The predicted octanol–water partition coefficient (Wildman–Crippen LogP) is 3.78. The number of aryl methyl sites for hydroxylation is 1. The van der Waals surface area contributed by atoms with E-state index in [0.29, 0.717) is 18.7 Å². The lowest BCUT2D eigenvalue weighted by atomic mass is 9.87. The quantitative estimate of drug-likeness (QED) is 0.811. The second-order valence-corrected chi connectivity index (χ2v) is 7.88. The molecular formula is C24H30N2O3. The summed E-state index contributed by atoms with van der Waals surface area (Å²) in [5.74, 6) is 0.644. The molecule has 0 aliphatic carbocycles. The minimum absolute atomic E-state index is 0.0240. The largest absolute Gasteiger partial charge is 0.484 e. The second kappa shape index (κ2) is 9.12. The van der Waals surface area contributed by atoms with Crippen molar-refractivity contribution in [1.29, 1.82) is 0 Å². The highest BCUT2D eigenvalue weighted by atomic mass is 16.5. The van der Waals surface area contributed by atoms with Gasteiger partial charge in [-0.1, -0.05) is 42.8 Å². The van der Waals surface area contributed by atoms with Crippen LogP contribution in [0.2, 0.25) is 0 Å². The van der Waals surface area contributed by atoms with Gasteiger partial charge in [-0.05, 0) is 56.0 Å². The third-order valence-corrected chi connectivity index (χ3v) is 5.18. The topological polar surface area (TPSA) is 58.6 Å². The number of nitrogens with one attached hydrogen (secondary N) is 1. The minimum Gasteiger partial charge on any atom is -0.484 e. The maximum atomic E-state index is 12.7. The lowest BCUT2D eigenvalue weighted by Gasteiger charge is -2.38. The zero-order valence-electron chi connectivity index (χ0n) is 17.7. The van der Waals surface area contributed by atoms with Crippen molar-refractivity contribution in [3.8, 4) is 5.75 Å². The fourth-order valence-corrected chi connectivity index (χ4v) is 3.78. The van der Waals surface area contributed by atoms with Gasteiger partial charge in [0.05, 0.1) is 6.04 Å². The second-order valence-electron chi connectivity index (χ2n) is 7.88. The van der Waals surface area contributed by atoms with Crippen LogP contribution in [0.5, 0.6) is 5.75 Å². The number of nitrogens with zero attached hydrogens (tertiary/aromatic N) is 1. The molecule has 1 atom stereocenters. The van der Waals surface area contributed by atoms with Gasteiger partial charge in [0, 0.05) is 19.0 Å². The van der Waals surface area contributed by atoms with Gasteiger partial charge in [0.1, 0.15) is 5.75 Å². The van der Waals surface area contributed by atoms with Crippen molar-refractivity contribution in [2.24, 2.45) is 0 Å². The number of benzene rings is 2. The summed E-state index contributed by atoms with van der Waals surface area (Å²) in [6.45, 7) is 8.47. The zero-order valence-corrected chi connectivity index (χ0v) is 17.7. The van der Waals surface area contributed by atoms with Crippen LogP contribution < -0.4 is 10.1 Å². The Hall–Kier alpha value is -2.82. The molecule has 29 heavy (non-hydrogen) atoms. The van der Waals surface area contributed by atoms with Crippen LogP contribution in [-0.2, 0) is 16.0 Å². The van der Waals surface area contributed by atoms with E-state index in [9.17, 15) is 9.59 Å². The molecule has 1 heterocycles. The highest BCUT2D eigenvalue weighted by molar-refractivity contribution is 5.78. The molecule has 1 unspecified atom stereocenters. The molecule has 1 aliphatic heterocycles. The Kier molecular flexibility index (Phi) is 6.57. The fourth-order valence-electron chi connectivity index (χ4n) is 3.78. The molecule has 3 rings (SSSR count). The third kappa shape index (κ3) is 4.97. The summed E-state index contributed by atoms with van der Waals surface area (Å²) in [5, 5.41) is 2.83. The van der Waals surface area contributed by atoms with Crippen LogP contribution in [0.15, 0.2) is 42.5 Å². The molecule has 1 aliphatic rings. The number of hydrogen-bond acceptors (Lipinski definition) is 3. The molecule has 0 spiro atoms. The van der Waals surface area contributed by atoms with Crippen molar-refractivity contribution in [3.63, 3.8) is 0 Å². The molecular weight excluding hydrogens is 364 g/mol. The van der Waals surface area contributed by atoms with Crippen LogP contribution in [0.3, 0.4) is 0 Å². The fraction of sp³-hybridized carbons (Fsp3) is 0.417. The van der Waals surface area contributed by atoms with E-state index in [0.717, 1.165) is 17.5 Å². The normalized spacial score (nSPS) is 15.8. The molecule has 0 saturated carbocycles. The highest BCUT2D eigenvalue weighted by Crippen LogP contribution is 2.37. The Balaban J connectivity index is 1.92. The Morgan fingerprint density at radius 3 is 2.55 bits per heavy atom. The maximum absolute atomic E-state index is 12.7. The number of carbonyl (C=O) groups is 2. The van der Waals surface area contributed by atoms with Gasteiger partial charge in [0.2, 0.25) is 5.91 Å². The van der Waals surface area contributed by atoms with Crippen LogP contribution in [0.1, 0.15) is 55.5 Å². The average Bonchev–Trinajstić information content (AvgIpc) is 2.71. The standard InChI is InChI=1S/C24H30N2O3/c1-5-23(28)26-13-12-18-10-11-20(29-15-22(27)25-16(2)3)14-21(18)24(26)19-8-6-17(4)7-9-19/h6-11,14,16,24H,5,12-13,15H2,1-4H3,(H,25,27). The minimum atomic E-state index is -0.143. The Morgan fingerprint density at radius 2 is 1.90 bits per heavy atom. The molecule has 154 valence electrons. The van der Waals surface area contributed by atoms with Crippen molar-refractivity contribution in [2.45, 2.75) is 52.6 Å². The molecule has 2 amide bonds. The highest BCUT2D eigenvalue weighted by Gasteiger charge is 2.31. The molecule has 5 heteroatoms. The summed E-state index contributed by atoms with van der Waals surface area (Å²) >= 11 is 0. The van der Waals surface area contributed by atoms with Crippen LogP contribution >= 0.6 is 0 Å². The van der Waals surface area contributed by atoms with Crippen molar-refractivity contribution >= 4 is 11.8 Å². The van der Waals surface area contributed by atoms with Crippen molar-refractivity contribution in [3.05, 3.63) is 64.7 Å². The number of amides is 2. The summed E-state index contributed by atoms with van der Waals surface area (Å²) < 4.78 is 5.74. The number of carbonyl (C=O) groups excluding carboxylic acids is 2. The van der Waals surface area contributed by atoms with Gasteiger partial charge in [0.25, 0.3) is 5.91 Å². The van der Waals surface area contributed by atoms with E-state index in [1.807, 2.05) is 37.8 Å². The molecule has 0 aromatic heterocycles. The van der Waals surface area contributed by atoms with E-state index in [1.54, 1.807) is 0 Å². The summed E-state index contributed by atoms with van der Waals surface area (Å²) in [6.07, 6.45) is 1.29. The van der Waals surface area contributed by atoms with Gasteiger partial charge in [-0.25, -0.2) is 0 Å². The van der Waals surface area contributed by atoms with E-state index in [1.165, 1.54) is 11.1 Å². The molecule has 0 bridgehead atoms. The lowest BCUT2D eigenvalue weighted by molar-refractivity contribution is -0.133. The van der Waals surface area contributed by atoms with Crippen molar-refractivity contribution in [2.75, 3.05) is 13.2 Å². The zero-order chi connectivity index (χ0) is 21.0. The molecule has 0 radical (unpaired) electrons. The number of ether oxygens (including phenoxy) is 1. The van der Waals surface area contributed by atoms with Crippen LogP contribution in [0.25, 0.3) is 0 Å². The summed E-state index contributed by atoms with van der Waals surface area (Å²) in [5.41, 5.74) is 4.57. The van der Waals surface area contributed by atoms with Gasteiger partial charge in [-0.3, -0.25) is 9.59 Å². The van der Waals surface area contributed by atoms with Crippen LogP contribution in [-0.4, -0.2) is 35.9 Å². The van der Waals surface area contributed by atoms with Crippen molar-refractivity contribution in [1.82, 2.24) is 10.2 Å². The van der Waals surface area contributed by atoms with E-state index in [2.05, 4.69) is 42.6 Å². The monoisotopic (exact) mass is 394 g/mol. The van der Waals surface area contributed by atoms with Crippen LogP contribution in [0.4, 0.5) is 0 Å². The smallest absolute Gasteiger partial charge is 0.258 e. The van der Waals surface area contributed by atoms with Gasteiger partial charge < -0.3 is 15.0 Å². The molecule has 5 nitrogen and oxygen atoms in total. The van der Waals surface area contributed by atoms with Gasteiger partial charge >= 0.3 is 0 Å². The maximum Gasteiger partial charge on any atom is 0.258 e. The predicted molar refractivity (Wildman–Crippen MR) is 114 cm³/mol. The van der Waals surface area contributed by atoms with E-state index in [4.69, 9.17) is 4.74 Å². The van der Waals surface area contributed by atoms with E-state index >= 15 is 0 Å². The Labute approximate surface area is 173 Å². The first-order valence-electron chi connectivity index (χ1n) is 10.3. The number of fused-ring (bicyclic) bond motifs is 1. The summed E-state index contributed by atoms with van der Waals surface area (Å²) in [4.78, 5) is 26.6. The Bertz CT molecular complexity index is 874. The molecule has 2 aromatic rings.